The summed E-state index contributed by atoms with van der Waals surface area (Å²) in [4.78, 5) is 0. The first-order valence-corrected chi connectivity index (χ1v) is 6.74. The second-order valence-corrected chi connectivity index (χ2v) is 6.80. The monoisotopic (exact) mass is 271 g/mol. The van der Waals surface area contributed by atoms with E-state index in [1.807, 2.05) is 19.2 Å². The average molecular weight is 272 g/mol. The first-order valence-electron chi connectivity index (χ1n) is 5.99. The van der Waals surface area contributed by atoms with Crippen molar-refractivity contribution in [3.63, 3.8) is 0 Å². The lowest BCUT2D eigenvalue weighted by Gasteiger charge is -2.54. The van der Waals surface area contributed by atoms with Gasteiger partial charge in [0.25, 0.3) is 0 Å². The minimum Gasteiger partial charge on any atom is -0.319 e. The van der Waals surface area contributed by atoms with Gasteiger partial charge in [-0.05, 0) is 43.0 Å². The maximum Gasteiger partial charge on any atom is 0.0458 e. The Kier molecular flexibility index (Phi) is 3.46. The van der Waals surface area contributed by atoms with Gasteiger partial charge in [-0.25, -0.2) is 0 Å². The fraction of sp³-hybridized carbons (Fsp3) is 0.571. The Morgan fingerprint density at radius 2 is 1.88 bits per heavy atom. The minimum absolute atomic E-state index is 0.180. The summed E-state index contributed by atoms with van der Waals surface area (Å²) >= 11 is 12.3. The van der Waals surface area contributed by atoms with Crippen molar-refractivity contribution in [3.05, 3.63) is 33.8 Å². The summed E-state index contributed by atoms with van der Waals surface area (Å²) in [6.45, 7) is 5.59. The second-order valence-electron chi connectivity index (χ2n) is 5.95. The van der Waals surface area contributed by atoms with Crippen LogP contribution in [0.2, 0.25) is 10.0 Å². The molecule has 0 radical (unpaired) electrons. The third kappa shape index (κ3) is 2.47. The Bertz CT molecular complexity index is 418. The van der Waals surface area contributed by atoms with Gasteiger partial charge in [0.15, 0.2) is 0 Å². The van der Waals surface area contributed by atoms with Crippen LogP contribution in [-0.4, -0.2) is 13.6 Å². The van der Waals surface area contributed by atoms with E-state index in [4.69, 9.17) is 23.2 Å². The SMILES string of the molecule is CNCC1(c2ccc(Cl)cc2Cl)CC(C)(C)C1. The molecule has 1 fully saturated rings. The smallest absolute Gasteiger partial charge is 0.0458 e. The lowest BCUT2D eigenvalue weighted by molar-refractivity contribution is 0.0579. The highest BCUT2D eigenvalue weighted by molar-refractivity contribution is 6.35. The van der Waals surface area contributed by atoms with E-state index >= 15 is 0 Å². The first kappa shape index (κ1) is 13.2. The maximum absolute atomic E-state index is 6.34. The topological polar surface area (TPSA) is 12.0 Å². The first-order chi connectivity index (χ1) is 7.88. The molecule has 2 rings (SSSR count). The zero-order chi connectivity index (χ0) is 12.7. The molecule has 0 aromatic heterocycles. The van der Waals surface area contributed by atoms with Crippen molar-refractivity contribution >= 4 is 23.2 Å². The van der Waals surface area contributed by atoms with Crippen LogP contribution in [0.25, 0.3) is 0 Å². The molecule has 1 N–H and O–H groups in total. The Morgan fingerprint density at radius 3 is 2.35 bits per heavy atom. The van der Waals surface area contributed by atoms with Crippen LogP contribution in [0.1, 0.15) is 32.3 Å². The molecule has 1 aromatic rings. The predicted octanol–water partition coefficient (Wildman–Crippen LogP) is 4.27. The largest absolute Gasteiger partial charge is 0.319 e. The van der Waals surface area contributed by atoms with Gasteiger partial charge in [-0.1, -0.05) is 43.1 Å². The molecule has 1 nitrogen and oxygen atoms in total. The van der Waals surface area contributed by atoms with Crippen LogP contribution in [-0.2, 0) is 5.41 Å². The van der Waals surface area contributed by atoms with Crippen LogP contribution in [0.3, 0.4) is 0 Å². The molecule has 0 atom stereocenters. The van der Waals surface area contributed by atoms with Crippen molar-refractivity contribution < 1.29 is 0 Å². The minimum atomic E-state index is 0.180. The third-order valence-electron chi connectivity index (χ3n) is 3.65. The quantitative estimate of drug-likeness (QED) is 0.866. The van der Waals surface area contributed by atoms with E-state index in [2.05, 4.69) is 25.2 Å². The molecule has 0 aliphatic heterocycles. The van der Waals surface area contributed by atoms with Gasteiger partial charge in [0.05, 0.1) is 0 Å². The van der Waals surface area contributed by atoms with E-state index in [0.717, 1.165) is 11.6 Å². The summed E-state index contributed by atoms with van der Waals surface area (Å²) in [6.07, 6.45) is 2.34. The molecule has 0 amide bonds. The molecule has 0 unspecified atom stereocenters. The summed E-state index contributed by atoms with van der Waals surface area (Å²) in [5, 5.41) is 4.80. The lowest BCUT2D eigenvalue weighted by atomic mass is 9.52. The fourth-order valence-electron chi connectivity index (χ4n) is 3.45. The Hall–Kier alpha value is -0.240. The Labute approximate surface area is 114 Å². The summed E-state index contributed by atoms with van der Waals surface area (Å²) in [5.41, 5.74) is 1.83. The summed E-state index contributed by atoms with van der Waals surface area (Å²) in [5.74, 6) is 0. The second kappa shape index (κ2) is 4.46. The molecule has 94 valence electrons. The standard InChI is InChI=1S/C14H19Cl2N/c1-13(2)7-14(8-13,9-17-3)11-5-4-10(15)6-12(11)16/h4-6,17H,7-9H2,1-3H3. The van der Waals surface area contributed by atoms with Crippen LogP contribution in [0.15, 0.2) is 18.2 Å². The molecule has 0 bridgehead atoms. The van der Waals surface area contributed by atoms with Crippen molar-refractivity contribution in [2.75, 3.05) is 13.6 Å². The number of halogens is 2. The van der Waals surface area contributed by atoms with E-state index in [0.29, 0.717) is 10.4 Å². The number of nitrogens with one attached hydrogen (secondary N) is 1. The van der Waals surface area contributed by atoms with Gasteiger partial charge in [-0.15, -0.1) is 0 Å². The van der Waals surface area contributed by atoms with Crippen LogP contribution < -0.4 is 5.32 Å². The van der Waals surface area contributed by atoms with Gasteiger partial charge in [0.2, 0.25) is 0 Å². The number of likely N-dealkylation sites (N-methyl/N-ethyl adjacent to an activating group) is 1. The highest BCUT2D eigenvalue weighted by Crippen LogP contribution is 2.56. The summed E-state index contributed by atoms with van der Waals surface area (Å²) in [7, 11) is 2.00. The number of hydrogen-bond donors (Lipinski definition) is 1. The predicted molar refractivity (Wildman–Crippen MR) is 75.1 cm³/mol. The molecule has 3 heteroatoms. The van der Waals surface area contributed by atoms with Crippen LogP contribution in [0.5, 0.6) is 0 Å². The highest BCUT2D eigenvalue weighted by atomic mass is 35.5. The van der Waals surface area contributed by atoms with Crippen LogP contribution in [0, 0.1) is 5.41 Å². The average Bonchev–Trinajstić information content (AvgIpc) is 2.14. The van der Waals surface area contributed by atoms with E-state index in [1.165, 1.54) is 18.4 Å². The number of benzene rings is 1. The van der Waals surface area contributed by atoms with Gasteiger partial charge in [0, 0.05) is 22.0 Å². The van der Waals surface area contributed by atoms with Gasteiger partial charge in [0.1, 0.15) is 0 Å². The number of rotatable bonds is 3. The molecule has 1 aliphatic carbocycles. The zero-order valence-corrected chi connectivity index (χ0v) is 12.1. The molecule has 1 aromatic carbocycles. The molecule has 0 spiro atoms. The van der Waals surface area contributed by atoms with E-state index in [-0.39, 0.29) is 5.41 Å². The van der Waals surface area contributed by atoms with Crippen molar-refractivity contribution in [1.82, 2.24) is 5.32 Å². The fourth-order valence-corrected chi connectivity index (χ4v) is 4.06. The molecular weight excluding hydrogens is 253 g/mol. The maximum atomic E-state index is 6.34. The van der Waals surface area contributed by atoms with Gasteiger partial charge >= 0.3 is 0 Å². The van der Waals surface area contributed by atoms with Gasteiger partial charge < -0.3 is 5.32 Å². The Balaban J connectivity index is 2.35. The summed E-state index contributed by atoms with van der Waals surface area (Å²) < 4.78 is 0. The third-order valence-corrected chi connectivity index (χ3v) is 4.20. The lowest BCUT2D eigenvalue weighted by Crippen LogP contribution is -2.52. The highest BCUT2D eigenvalue weighted by Gasteiger charge is 2.50. The number of hydrogen-bond acceptors (Lipinski definition) is 1. The van der Waals surface area contributed by atoms with Crippen molar-refractivity contribution in [3.8, 4) is 0 Å². The molecule has 17 heavy (non-hydrogen) atoms. The van der Waals surface area contributed by atoms with E-state index < -0.39 is 0 Å². The van der Waals surface area contributed by atoms with Crippen molar-refractivity contribution in [2.45, 2.75) is 32.1 Å². The van der Waals surface area contributed by atoms with E-state index in [9.17, 15) is 0 Å². The van der Waals surface area contributed by atoms with Crippen molar-refractivity contribution in [1.29, 1.82) is 0 Å². The molecule has 1 saturated carbocycles. The van der Waals surface area contributed by atoms with E-state index in [1.54, 1.807) is 0 Å². The molecule has 0 saturated heterocycles. The normalized spacial score (nSPS) is 21.0. The van der Waals surface area contributed by atoms with Crippen LogP contribution >= 0.6 is 23.2 Å². The molecule has 1 aliphatic rings. The Morgan fingerprint density at radius 1 is 1.24 bits per heavy atom. The van der Waals surface area contributed by atoms with Crippen molar-refractivity contribution in [2.24, 2.45) is 5.41 Å². The molecular formula is C14H19Cl2N. The van der Waals surface area contributed by atoms with Crippen LogP contribution in [0.4, 0.5) is 0 Å². The zero-order valence-electron chi connectivity index (χ0n) is 10.6. The molecule has 0 heterocycles. The summed E-state index contributed by atoms with van der Waals surface area (Å²) in [6, 6.07) is 5.86. The van der Waals surface area contributed by atoms with Gasteiger partial charge in [-0.3, -0.25) is 0 Å². The van der Waals surface area contributed by atoms with Gasteiger partial charge in [-0.2, -0.15) is 0 Å².